The number of anilines is 1. The number of nitrogens with one attached hydrogen (secondary N) is 1. The summed E-state index contributed by atoms with van der Waals surface area (Å²) in [6.45, 7) is 1.73. The molecule has 7 heteroatoms. The fraction of sp³-hybridized carbons (Fsp3) is 0.333. The molecular weight excluding hydrogens is 246 g/mol. The van der Waals surface area contributed by atoms with Gasteiger partial charge in [0.2, 0.25) is 0 Å². The second-order valence-electron chi connectivity index (χ2n) is 4.14. The molecule has 0 atom stereocenters. The van der Waals surface area contributed by atoms with Gasteiger partial charge in [-0.05, 0) is 25.0 Å². The molecule has 1 aromatic heterocycles. The van der Waals surface area contributed by atoms with Gasteiger partial charge >= 0.3 is 0 Å². The number of aryl methyl sites for hydroxylation is 1. The van der Waals surface area contributed by atoms with Crippen LogP contribution < -0.4 is 5.32 Å². The Balaban J connectivity index is 1.66. The van der Waals surface area contributed by atoms with E-state index < -0.39 is 4.92 Å². The summed E-state index contributed by atoms with van der Waals surface area (Å²) in [4.78, 5) is 10.1. The maximum absolute atomic E-state index is 10.5. The number of aromatic nitrogens is 3. The minimum atomic E-state index is -0.400. The van der Waals surface area contributed by atoms with Crippen molar-refractivity contribution in [2.75, 3.05) is 11.9 Å². The van der Waals surface area contributed by atoms with E-state index in [4.69, 9.17) is 0 Å². The van der Waals surface area contributed by atoms with Crippen molar-refractivity contribution in [2.45, 2.75) is 19.4 Å². The highest BCUT2D eigenvalue weighted by Crippen LogP contribution is 2.15. The molecule has 0 aliphatic carbocycles. The van der Waals surface area contributed by atoms with Gasteiger partial charge in [0.15, 0.2) is 0 Å². The van der Waals surface area contributed by atoms with Crippen molar-refractivity contribution >= 4 is 11.4 Å². The topological polar surface area (TPSA) is 85.9 Å². The molecule has 0 saturated carbocycles. The third-order valence-electron chi connectivity index (χ3n) is 2.72. The molecule has 2 aromatic rings. The van der Waals surface area contributed by atoms with E-state index in [2.05, 4.69) is 15.5 Å². The van der Waals surface area contributed by atoms with Crippen molar-refractivity contribution in [3.8, 4) is 0 Å². The van der Waals surface area contributed by atoms with Crippen LogP contribution in [0.3, 0.4) is 0 Å². The zero-order valence-corrected chi connectivity index (χ0v) is 10.4. The molecule has 0 radical (unpaired) electrons. The fourth-order valence-electron chi connectivity index (χ4n) is 1.69. The van der Waals surface area contributed by atoms with E-state index in [1.165, 1.54) is 12.1 Å². The summed E-state index contributed by atoms with van der Waals surface area (Å²) in [7, 11) is 0. The summed E-state index contributed by atoms with van der Waals surface area (Å²) in [6.07, 6.45) is 5.43. The fourth-order valence-corrected chi connectivity index (χ4v) is 1.69. The predicted molar refractivity (Wildman–Crippen MR) is 70.8 cm³/mol. The number of non-ortho nitro benzene ring substituents is 1. The van der Waals surface area contributed by atoms with Crippen LogP contribution in [0, 0.1) is 10.1 Å². The number of rotatable bonds is 7. The van der Waals surface area contributed by atoms with Crippen molar-refractivity contribution < 1.29 is 4.92 Å². The van der Waals surface area contributed by atoms with Gasteiger partial charge in [0.1, 0.15) is 12.7 Å². The Labute approximate surface area is 110 Å². The second kappa shape index (κ2) is 6.48. The number of hydrogen-bond acceptors (Lipinski definition) is 5. The minimum Gasteiger partial charge on any atom is -0.385 e. The lowest BCUT2D eigenvalue weighted by Crippen LogP contribution is -2.03. The van der Waals surface area contributed by atoms with Crippen molar-refractivity contribution in [1.29, 1.82) is 0 Å². The SMILES string of the molecule is O=[N+]([O-])c1ccc(NCCCCn2cnnc2)cc1. The first-order valence-corrected chi connectivity index (χ1v) is 6.06. The van der Waals surface area contributed by atoms with Crippen LogP contribution in [0.1, 0.15) is 12.8 Å². The van der Waals surface area contributed by atoms with Gasteiger partial charge < -0.3 is 9.88 Å². The van der Waals surface area contributed by atoms with Gasteiger partial charge in [-0.3, -0.25) is 10.1 Å². The third-order valence-corrected chi connectivity index (χ3v) is 2.72. The van der Waals surface area contributed by atoms with Crippen molar-refractivity contribution in [3.63, 3.8) is 0 Å². The molecule has 0 aliphatic heterocycles. The maximum atomic E-state index is 10.5. The molecule has 1 heterocycles. The van der Waals surface area contributed by atoms with Crippen molar-refractivity contribution in [1.82, 2.24) is 14.8 Å². The Morgan fingerprint density at radius 1 is 1.16 bits per heavy atom. The Hall–Kier alpha value is -2.44. The summed E-state index contributed by atoms with van der Waals surface area (Å²) in [5.41, 5.74) is 1.01. The third kappa shape index (κ3) is 4.06. The van der Waals surface area contributed by atoms with Crippen LogP contribution in [-0.2, 0) is 6.54 Å². The van der Waals surface area contributed by atoms with Gasteiger partial charge in [-0.25, -0.2) is 0 Å². The van der Waals surface area contributed by atoms with Crippen molar-refractivity contribution in [3.05, 3.63) is 47.0 Å². The molecular formula is C12H15N5O2. The average molecular weight is 261 g/mol. The zero-order valence-electron chi connectivity index (χ0n) is 10.4. The van der Waals surface area contributed by atoms with Gasteiger partial charge in [0, 0.05) is 30.9 Å². The standard InChI is InChI=1S/C12H15N5O2/c18-17(19)12-5-3-11(4-6-12)13-7-1-2-8-16-9-14-15-10-16/h3-6,9-10,13H,1-2,7-8H2. The van der Waals surface area contributed by atoms with Crippen LogP contribution in [-0.4, -0.2) is 26.2 Å². The number of nitro groups is 1. The number of nitro benzene ring substituents is 1. The molecule has 0 amide bonds. The predicted octanol–water partition coefficient (Wildman–Crippen LogP) is 2.08. The van der Waals surface area contributed by atoms with E-state index in [-0.39, 0.29) is 5.69 Å². The van der Waals surface area contributed by atoms with Crippen LogP contribution in [0.4, 0.5) is 11.4 Å². The first-order valence-electron chi connectivity index (χ1n) is 6.06. The molecule has 0 bridgehead atoms. The molecule has 1 N–H and O–H groups in total. The minimum absolute atomic E-state index is 0.109. The highest BCUT2D eigenvalue weighted by atomic mass is 16.6. The Bertz CT molecular complexity index is 509. The first-order chi connectivity index (χ1) is 9.25. The van der Waals surface area contributed by atoms with Crippen LogP contribution >= 0.6 is 0 Å². The summed E-state index contributed by atoms with van der Waals surface area (Å²) in [5, 5.41) is 21.2. The quantitative estimate of drug-likeness (QED) is 0.468. The van der Waals surface area contributed by atoms with Crippen LogP contribution in [0.2, 0.25) is 0 Å². The molecule has 1 aromatic carbocycles. The second-order valence-corrected chi connectivity index (χ2v) is 4.14. The zero-order chi connectivity index (χ0) is 13.5. The van der Waals surface area contributed by atoms with Gasteiger partial charge in [-0.15, -0.1) is 10.2 Å². The number of hydrogen-bond donors (Lipinski definition) is 1. The highest BCUT2D eigenvalue weighted by molar-refractivity contribution is 5.48. The number of nitrogens with zero attached hydrogens (tertiary/aromatic N) is 4. The molecule has 0 aliphatic rings. The summed E-state index contributed by atoms with van der Waals surface area (Å²) in [6, 6.07) is 6.44. The first kappa shape index (κ1) is 13.0. The molecule has 7 nitrogen and oxygen atoms in total. The molecule has 0 unspecified atom stereocenters. The summed E-state index contributed by atoms with van der Waals surface area (Å²) < 4.78 is 1.94. The lowest BCUT2D eigenvalue weighted by atomic mass is 10.2. The number of unbranched alkanes of at least 4 members (excludes halogenated alkanes) is 1. The molecule has 19 heavy (non-hydrogen) atoms. The normalized spacial score (nSPS) is 10.3. The Morgan fingerprint density at radius 2 is 1.84 bits per heavy atom. The van der Waals surface area contributed by atoms with E-state index in [9.17, 15) is 10.1 Å². The van der Waals surface area contributed by atoms with Crippen LogP contribution in [0.15, 0.2) is 36.9 Å². The van der Waals surface area contributed by atoms with Crippen LogP contribution in [0.25, 0.3) is 0 Å². The van der Waals surface area contributed by atoms with Crippen molar-refractivity contribution in [2.24, 2.45) is 0 Å². The molecule has 2 rings (SSSR count). The number of benzene rings is 1. The summed E-state index contributed by atoms with van der Waals surface area (Å²) in [5.74, 6) is 0. The van der Waals surface area contributed by atoms with Gasteiger partial charge in [0.05, 0.1) is 4.92 Å². The maximum Gasteiger partial charge on any atom is 0.269 e. The van der Waals surface area contributed by atoms with E-state index in [1.54, 1.807) is 24.8 Å². The Kier molecular flexibility index (Phi) is 4.44. The van der Waals surface area contributed by atoms with Gasteiger partial charge in [-0.2, -0.15) is 0 Å². The smallest absolute Gasteiger partial charge is 0.269 e. The monoisotopic (exact) mass is 261 g/mol. The molecule has 0 spiro atoms. The van der Waals surface area contributed by atoms with E-state index >= 15 is 0 Å². The van der Waals surface area contributed by atoms with E-state index in [0.29, 0.717) is 0 Å². The van der Waals surface area contributed by atoms with E-state index in [0.717, 1.165) is 31.6 Å². The highest BCUT2D eigenvalue weighted by Gasteiger charge is 2.03. The lowest BCUT2D eigenvalue weighted by Gasteiger charge is -2.06. The molecule has 0 saturated heterocycles. The lowest BCUT2D eigenvalue weighted by molar-refractivity contribution is -0.384. The van der Waals surface area contributed by atoms with Gasteiger partial charge in [0.25, 0.3) is 5.69 Å². The average Bonchev–Trinajstić information content (AvgIpc) is 2.92. The van der Waals surface area contributed by atoms with Crippen LogP contribution in [0.5, 0.6) is 0 Å². The largest absolute Gasteiger partial charge is 0.385 e. The van der Waals surface area contributed by atoms with Gasteiger partial charge in [-0.1, -0.05) is 0 Å². The summed E-state index contributed by atoms with van der Waals surface area (Å²) >= 11 is 0. The Morgan fingerprint density at radius 3 is 2.47 bits per heavy atom. The molecule has 0 fully saturated rings. The molecule has 100 valence electrons. The van der Waals surface area contributed by atoms with E-state index in [1.807, 2.05) is 4.57 Å².